The highest BCUT2D eigenvalue weighted by molar-refractivity contribution is 5.25. The van der Waals surface area contributed by atoms with Crippen molar-refractivity contribution in [2.45, 2.75) is 48.5 Å². The van der Waals surface area contributed by atoms with Crippen molar-refractivity contribution in [2.75, 3.05) is 0 Å². The van der Waals surface area contributed by atoms with Crippen LogP contribution in [0, 0.1) is 0 Å². The minimum atomic E-state index is 0. The molecule has 0 saturated carbocycles. The Morgan fingerprint density at radius 1 is 0.667 bits per heavy atom. The van der Waals surface area contributed by atoms with Gasteiger partial charge in [0.25, 0.3) is 0 Å². The topological polar surface area (TPSA) is 40.5 Å². The molecule has 120 valence electrons. The zero-order chi connectivity index (χ0) is 15.8. The Bertz CT molecular complexity index is 394. The summed E-state index contributed by atoms with van der Waals surface area (Å²) in [6.07, 6.45) is 1.03. The summed E-state index contributed by atoms with van der Waals surface area (Å²) >= 11 is 0. The van der Waals surface area contributed by atoms with Gasteiger partial charge in [-0.05, 0) is 36.2 Å². The van der Waals surface area contributed by atoms with Crippen LogP contribution in [0.2, 0.25) is 0 Å². The molecule has 0 unspecified atom stereocenters. The number of para-hydroxylation sites is 1. The van der Waals surface area contributed by atoms with Crippen molar-refractivity contribution in [3.63, 3.8) is 0 Å². The SMILES string of the molecule is C.CC.CC.CCc1ccc(O)cc1.Oc1ccccc1. The molecular weight excluding hydrogens is 260 g/mol. The van der Waals surface area contributed by atoms with E-state index in [9.17, 15) is 0 Å². The predicted octanol–water partition coefficient (Wildman–Crippen LogP) is 6.04. The summed E-state index contributed by atoms with van der Waals surface area (Å²) in [6, 6.07) is 16.0. The van der Waals surface area contributed by atoms with Crippen LogP contribution in [0.5, 0.6) is 11.5 Å². The van der Waals surface area contributed by atoms with Crippen LogP contribution >= 0.6 is 0 Å². The minimum Gasteiger partial charge on any atom is -0.508 e. The predicted molar refractivity (Wildman–Crippen MR) is 95.0 cm³/mol. The Balaban J connectivity index is -0.000000244. The summed E-state index contributed by atoms with van der Waals surface area (Å²) in [5.74, 6) is 0.662. The number of rotatable bonds is 1. The van der Waals surface area contributed by atoms with Gasteiger partial charge in [0.15, 0.2) is 0 Å². The van der Waals surface area contributed by atoms with E-state index in [-0.39, 0.29) is 7.43 Å². The van der Waals surface area contributed by atoms with Gasteiger partial charge >= 0.3 is 0 Å². The summed E-state index contributed by atoms with van der Waals surface area (Å²) < 4.78 is 0. The first kappa shape index (κ1) is 24.1. The molecule has 2 nitrogen and oxygen atoms in total. The molecule has 2 N–H and O–H groups in total. The molecular formula is C19H32O2. The number of aromatic hydroxyl groups is 2. The first-order valence-electron chi connectivity index (χ1n) is 7.24. The Morgan fingerprint density at radius 2 is 1.05 bits per heavy atom. The fourth-order valence-electron chi connectivity index (χ4n) is 1.16. The molecule has 0 amide bonds. The molecule has 2 rings (SSSR count). The molecule has 0 aliphatic heterocycles. The van der Waals surface area contributed by atoms with Crippen molar-refractivity contribution in [3.05, 3.63) is 60.2 Å². The molecule has 0 bridgehead atoms. The highest BCUT2D eigenvalue weighted by Crippen LogP contribution is 2.09. The molecule has 0 spiro atoms. The number of phenols is 2. The zero-order valence-corrected chi connectivity index (χ0v) is 13.3. The maximum Gasteiger partial charge on any atom is 0.115 e. The van der Waals surface area contributed by atoms with Crippen LogP contribution in [-0.4, -0.2) is 10.2 Å². The molecule has 0 saturated heterocycles. The Labute approximate surface area is 131 Å². The van der Waals surface area contributed by atoms with E-state index in [0.717, 1.165) is 6.42 Å². The summed E-state index contributed by atoms with van der Waals surface area (Å²) in [6.45, 7) is 10.1. The third-order valence-corrected chi connectivity index (χ3v) is 2.10. The Hall–Kier alpha value is -1.96. The van der Waals surface area contributed by atoms with Gasteiger partial charge in [-0.2, -0.15) is 0 Å². The maximum atomic E-state index is 8.85. The lowest BCUT2D eigenvalue weighted by atomic mass is 10.2. The molecule has 0 aliphatic carbocycles. The third-order valence-electron chi connectivity index (χ3n) is 2.10. The Kier molecular flexibility index (Phi) is 20.7. The average Bonchev–Trinajstić information content (AvgIpc) is 2.53. The van der Waals surface area contributed by atoms with Crippen LogP contribution in [0.1, 0.15) is 47.6 Å². The van der Waals surface area contributed by atoms with Gasteiger partial charge in [0.05, 0.1) is 0 Å². The van der Waals surface area contributed by atoms with E-state index in [0.29, 0.717) is 11.5 Å². The van der Waals surface area contributed by atoms with Crippen molar-refractivity contribution in [2.24, 2.45) is 0 Å². The molecule has 0 aromatic heterocycles. The quantitative estimate of drug-likeness (QED) is 0.673. The highest BCUT2D eigenvalue weighted by atomic mass is 16.3. The van der Waals surface area contributed by atoms with E-state index < -0.39 is 0 Å². The lowest BCUT2D eigenvalue weighted by molar-refractivity contribution is 0.474. The second-order valence-electron chi connectivity index (χ2n) is 3.36. The lowest BCUT2D eigenvalue weighted by Gasteiger charge is -1.93. The monoisotopic (exact) mass is 292 g/mol. The molecule has 2 heteroatoms. The lowest BCUT2D eigenvalue weighted by Crippen LogP contribution is -1.75. The summed E-state index contributed by atoms with van der Waals surface area (Å²) in [4.78, 5) is 0. The summed E-state index contributed by atoms with van der Waals surface area (Å²) in [7, 11) is 0. The number of benzene rings is 2. The van der Waals surface area contributed by atoms with Gasteiger partial charge in [-0.15, -0.1) is 0 Å². The van der Waals surface area contributed by atoms with Gasteiger partial charge in [-0.3, -0.25) is 0 Å². The fraction of sp³-hybridized carbons (Fsp3) is 0.368. The molecule has 2 aromatic rings. The van der Waals surface area contributed by atoms with E-state index in [1.807, 2.05) is 45.9 Å². The second kappa shape index (κ2) is 18.0. The van der Waals surface area contributed by atoms with Crippen LogP contribution in [0.25, 0.3) is 0 Å². The van der Waals surface area contributed by atoms with Crippen LogP contribution in [0.15, 0.2) is 54.6 Å². The van der Waals surface area contributed by atoms with E-state index in [2.05, 4.69) is 6.92 Å². The largest absolute Gasteiger partial charge is 0.508 e. The van der Waals surface area contributed by atoms with Gasteiger partial charge in [0, 0.05) is 0 Å². The van der Waals surface area contributed by atoms with Crippen molar-refractivity contribution >= 4 is 0 Å². The van der Waals surface area contributed by atoms with E-state index >= 15 is 0 Å². The van der Waals surface area contributed by atoms with E-state index in [1.54, 1.807) is 36.4 Å². The molecule has 0 aliphatic rings. The first-order chi connectivity index (χ1) is 9.72. The van der Waals surface area contributed by atoms with Crippen molar-refractivity contribution in [3.8, 4) is 11.5 Å². The van der Waals surface area contributed by atoms with Gasteiger partial charge in [-0.1, -0.05) is 72.4 Å². The average molecular weight is 292 g/mol. The van der Waals surface area contributed by atoms with Crippen LogP contribution in [0.4, 0.5) is 0 Å². The van der Waals surface area contributed by atoms with Gasteiger partial charge in [0.2, 0.25) is 0 Å². The van der Waals surface area contributed by atoms with Gasteiger partial charge in [0.1, 0.15) is 11.5 Å². The molecule has 0 heterocycles. The normalized spacial score (nSPS) is 7.48. The minimum absolute atomic E-state index is 0. The maximum absolute atomic E-state index is 8.85. The molecule has 0 fully saturated rings. The third kappa shape index (κ3) is 14.3. The Morgan fingerprint density at radius 3 is 1.33 bits per heavy atom. The summed E-state index contributed by atoms with van der Waals surface area (Å²) in [5, 5.41) is 17.5. The van der Waals surface area contributed by atoms with Crippen molar-refractivity contribution in [1.29, 1.82) is 0 Å². The summed E-state index contributed by atoms with van der Waals surface area (Å²) in [5.41, 5.74) is 1.26. The smallest absolute Gasteiger partial charge is 0.115 e. The van der Waals surface area contributed by atoms with Crippen molar-refractivity contribution in [1.82, 2.24) is 0 Å². The van der Waals surface area contributed by atoms with Gasteiger partial charge in [-0.25, -0.2) is 0 Å². The van der Waals surface area contributed by atoms with Crippen LogP contribution in [0.3, 0.4) is 0 Å². The van der Waals surface area contributed by atoms with Gasteiger partial charge < -0.3 is 10.2 Å². The fourth-order valence-corrected chi connectivity index (χ4v) is 1.16. The number of hydrogen-bond acceptors (Lipinski definition) is 2. The highest BCUT2D eigenvalue weighted by Gasteiger charge is 1.86. The molecule has 0 radical (unpaired) electrons. The molecule has 21 heavy (non-hydrogen) atoms. The van der Waals surface area contributed by atoms with E-state index in [1.165, 1.54) is 5.56 Å². The number of aryl methyl sites for hydroxylation is 1. The number of hydrogen-bond donors (Lipinski definition) is 2. The number of phenolic OH excluding ortho intramolecular Hbond substituents is 2. The first-order valence-corrected chi connectivity index (χ1v) is 7.24. The van der Waals surface area contributed by atoms with Crippen LogP contribution in [-0.2, 0) is 6.42 Å². The zero-order valence-electron chi connectivity index (χ0n) is 13.3. The van der Waals surface area contributed by atoms with Crippen LogP contribution < -0.4 is 0 Å². The van der Waals surface area contributed by atoms with Crippen molar-refractivity contribution < 1.29 is 10.2 Å². The molecule has 0 atom stereocenters. The standard InChI is InChI=1S/C8H10O.C6H6O.2C2H6.CH4/c1-2-7-3-5-8(9)6-4-7;7-6-4-2-1-3-5-6;2*1-2;/h3-6,9H,2H2,1H3;1-5,7H;2*1-2H3;1H4. The van der Waals surface area contributed by atoms with E-state index in [4.69, 9.17) is 10.2 Å². The second-order valence-corrected chi connectivity index (χ2v) is 3.36. The molecule has 2 aromatic carbocycles.